The van der Waals surface area contributed by atoms with Gasteiger partial charge in [-0.25, -0.2) is 17.6 Å². The van der Waals surface area contributed by atoms with E-state index in [1.807, 2.05) is 13.8 Å². The molecule has 4 rings (SSSR count). The fourth-order valence-corrected chi connectivity index (χ4v) is 6.82. The number of benzene rings is 3. The van der Waals surface area contributed by atoms with E-state index in [1.54, 1.807) is 6.92 Å². The molecule has 11 nitrogen and oxygen atoms in total. The van der Waals surface area contributed by atoms with Crippen molar-refractivity contribution in [1.82, 2.24) is 9.21 Å². The topological polar surface area (TPSA) is 138 Å². The Morgan fingerprint density at radius 3 is 2.29 bits per heavy atom. The van der Waals surface area contributed by atoms with Crippen LogP contribution in [-0.2, 0) is 20.9 Å². The van der Waals surface area contributed by atoms with Crippen LogP contribution in [0, 0.1) is 11.7 Å². The minimum Gasteiger partial charge on any atom is -0.490 e. The number of urea groups is 1. The summed E-state index contributed by atoms with van der Waals surface area (Å²) in [6.07, 6.45) is -3.60. The summed E-state index contributed by atoms with van der Waals surface area (Å²) in [4.78, 5) is 28.5. The molecule has 16 heteroatoms. The van der Waals surface area contributed by atoms with Gasteiger partial charge in [0.05, 0.1) is 40.9 Å². The first kappa shape index (κ1) is 40.5. The molecule has 0 radical (unpaired) electrons. The van der Waals surface area contributed by atoms with E-state index in [4.69, 9.17) is 9.47 Å². The third-order valence-electron chi connectivity index (χ3n) is 8.74. The molecule has 3 N–H and O–H groups in total. The van der Waals surface area contributed by atoms with Gasteiger partial charge in [0.25, 0.3) is 5.91 Å². The zero-order chi connectivity index (χ0) is 38.2. The normalized spacial score (nSPS) is 20.0. The Bertz CT molecular complexity index is 1780. The van der Waals surface area contributed by atoms with E-state index < -0.39 is 64.2 Å². The Morgan fingerprint density at radius 1 is 1.02 bits per heavy atom. The molecule has 0 fully saturated rings. The van der Waals surface area contributed by atoms with E-state index in [9.17, 15) is 40.7 Å². The Kier molecular flexibility index (Phi) is 13.6. The molecule has 0 saturated carbocycles. The first-order valence-electron chi connectivity index (χ1n) is 16.8. The summed E-state index contributed by atoms with van der Waals surface area (Å²) >= 11 is 0. The van der Waals surface area contributed by atoms with E-state index in [0.717, 1.165) is 40.7 Å². The number of halogens is 4. The number of sulfonamides is 1. The first-order valence-corrected chi connectivity index (χ1v) is 18.2. The van der Waals surface area contributed by atoms with Gasteiger partial charge in [0.15, 0.2) is 0 Å². The molecule has 0 aliphatic carbocycles. The summed E-state index contributed by atoms with van der Waals surface area (Å²) in [6, 6.07) is 11.4. The summed E-state index contributed by atoms with van der Waals surface area (Å²) in [6.45, 7) is 5.18. The number of nitrogens with zero attached hydrogens (tertiary/aromatic N) is 2. The van der Waals surface area contributed by atoms with Crippen molar-refractivity contribution in [3.05, 3.63) is 83.7 Å². The van der Waals surface area contributed by atoms with Crippen molar-refractivity contribution >= 4 is 33.3 Å². The predicted molar refractivity (Wildman–Crippen MR) is 187 cm³/mol. The smallest absolute Gasteiger partial charge is 0.416 e. The molecule has 0 spiro atoms. The molecule has 1 heterocycles. The molecular formula is C36H44F4N4O7S. The number of nitrogens with one attached hydrogen (secondary N) is 2. The minimum atomic E-state index is -4.53. The van der Waals surface area contributed by atoms with Gasteiger partial charge in [0, 0.05) is 44.0 Å². The average molecular weight is 753 g/mol. The number of fused-ring (bicyclic) bond motifs is 1. The molecule has 0 saturated heterocycles. The van der Waals surface area contributed by atoms with Crippen molar-refractivity contribution < 1.29 is 50.1 Å². The molecule has 3 aromatic carbocycles. The van der Waals surface area contributed by atoms with Gasteiger partial charge >= 0.3 is 12.2 Å². The molecule has 284 valence electrons. The maximum absolute atomic E-state index is 14.3. The number of carbonyl (C=O) groups excluding carboxylic acids is 2. The fraction of sp³-hybridized carbons (Fsp3) is 0.444. The number of likely N-dealkylation sites (N-methyl/N-ethyl adjacent to an activating group) is 1. The van der Waals surface area contributed by atoms with Crippen LogP contribution in [0.3, 0.4) is 0 Å². The fourth-order valence-electron chi connectivity index (χ4n) is 5.64. The molecular weight excluding hydrogens is 708 g/mol. The summed E-state index contributed by atoms with van der Waals surface area (Å²) in [5.41, 5.74) is -0.486. The molecule has 0 unspecified atom stereocenters. The second-order valence-corrected chi connectivity index (χ2v) is 14.9. The van der Waals surface area contributed by atoms with Crippen molar-refractivity contribution in [1.29, 1.82) is 0 Å². The number of carbonyl (C=O) groups is 2. The number of hydrogen-bond donors (Lipinski definition) is 3. The molecule has 4 atom stereocenters. The number of ether oxygens (including phenoxy) is 2. The number of aliphatic hydroxyl groups excluding tert-OH is 1. The summed E-state index contributed by atoms with van der Waals surface area (Å²) in [5, 5.41) is 15.3. The van der Waals surface area contributed by atoms with Gasteiger partial charge in [-0.05, 0) is 99.8 Å². The largest absolute Gasteiger partial charge is 0.490 e. The Balaban J connectivity index is 1.60. The number of aliphatic hydroxyl groups is 1. The van der Waals surface area contributed by atoms with Crippen molar-refractivity contribution in [2.45, 2.75) is 69.4 Å². The second kappa shape index (κ2) is 17.5. The minimum absolute atomic E-state index is 0.0384. The quantitative estimate of drug-likeness (QED) is 0.221. The predicted octanol–water partition coefficient (Wildman–Crippen LogP) is 6.60. The lowest BCUT2D eigenvalue weighted by Crippen LogP contribution is -2.48. The Morgan fingerprint density at radius 2 is 1.65 bits per heavy atom. The Hall–Kier alpha value is -4.25. The number of rotatable bonds is 8. The van der Waals surface area contributed by atoms with Crippen LogP contribution >= 0.6 is 0 Å². The lowest BCUT2D eigenvalue weighted by molar-refractivity contribution is -0.137. The summed E-state index contributed by atoms with van der Waals surface area (Å²) in [7, 11) is -2.61. The van der Waals surface area contributed by atoms with Gasteiger partial charge in [-0.3, -0.25) is 4.79 Å². The summed E-state index contributed by atoms with van der Waals surface area (Å²) in [5.74, 6) is -1.32. The van der Waals surface area contributed by atoms with Crippen LogP contribution in [0.2, 0.25) is 0 Å². The SMILES string of the molecule is C[C@@H]1CCCCO[C@H](CN(C)S(=O)(=O)c2ccc(F)cc2)[C@H](C)CN([C@@H](C)CO)C(=O)c2cc(NC(=O)Nc3ccc(C(F)(F)F)cc3)ccc2O1. The third-order valence-corrected chi connectivity index (χ3v) is 10.6. The third kappa shape index (κ3) is 10.6. The number of alkyl halides is 3. The monoisotopic (exact) mass is 752 g/mol. The van der Waals surface area contributed by atoms with Crippen molar-refractivity contribution in [2.75, 3.05) is 44.0 Å². The van der Waals surface area contributed by atoms with Crippen LogP contribution < -0.4 is 15.4 Å². The highest BCUT2D eigenvalue weighted by Crippen LogP contribution is 2.31. The number of hydrogen-bond acceptors (Lipinski definition) is 7. The molecule has 1 aliphatic heterocycles. The van der Waals surface area contributed by atoms with Gasteiger partial charge in [-0.1, -0.05) is 6.92 Å². The zero-order valence-corrected chi connectivity index (χ0v) is 30.1. The van der Waals surface area contributed by atoms with Crippen LogP contribution in [0.4, 0.5) is 33.7 Å². The Labute approximate surface area is 300 Å². The van der Waals surface area contributed by atoms with E-state index >= 15 is 0 Å². The number of amides is 3. The van der Waals surface area contributed by atoms with Crippen LogP contribution in [0.15, 0.2) is 71.6 Å². The second-order valence-electron chi connectivity index (χ2n) is 12.9. The highest BCUT2D eigenvalue weighted by molar-refractivity contribution is 7.89. The highest BCUT2D eigenvalue weighted by Gasteiger charge is 2.33. The van der Waals surface area contributed by atoms with Crippen molar-refractivity contribution in [3.63, 3.8) is 0 Å². The van der Waals surface area contributed by atoms with Gasteiger partial charge in [-0.2, -0.15) is 17.5 Å². The lowest BCUT2D eigenvalue weighted by atomic mass is 10.0. The van der Waals surface area contributed by atoms with E-state index in [2.05, 4.69) is 10.6 Å². The molecule has 0 bridgehead atoms. The number of anilines is 2. The van der Waals surface area contributed by atoms with Gasteiger partial charge < -0.3 is 30.1 Å². The van der Waals surface area contributed by atoms with Crippen molar-refractivity contribution in [3.8, 4) is 5.75 Å². The average Bonchev–Trinajstić information content (AvgIpc) is 3.09. The highest BCUT2D eigenvalue weighted by atomic mass is 32.2. The molecule has 52 heavy (non-hydrogen) atoms. The molecule has 3 aromatic rings. The van der Waals surface area contributed by atoms with Crippen LogP contribution in [-0.4, -0.2) is 86.3 Å². The molecule has 0 aromatic heterocycles. The van der Waals surface area contributed by atoms with Crippen molar-refractivity contribution in [2.24, 2.45) is 5.92 Å². The van der Waals surface area contributed by atoms with E-state index in [1.165, 1.54) is 42.3 Å². The maximum Gasteiger partial charge on any atom is 0.416 e. The molecule has 1 aliphatic rings. The summed E-state index contributed by atoms with van der Waals surface area (Å²) < 4.78 is 92.6. The molecule has 3 amide bonds. The van der Waals surface area contributed by atoms with Crippen LogP contribution in [0.1, 0.15) is 56.0 Å². The standard InChI is InChI=1S/C36H44F4N4O7S/c1-23-20-44(24(2)22-45)34(46)31-19-29(42-35(47)41-28-12-8-26(9-13-28)36(38,39)40)14-17-32(31)51-25(3)7-5-6-18-50-33(23)21-43(4)52(48,49)30-15-10-27(37)11-16-30/h8-17,19,23-25,33,45H,5-7,18,20-22H2,1-4H3,(H2,41,42,47)/t23-,24+,25-,33-/m1/s1. The van der Waals surface area contributed by atoms with Crippen LogP contribution in [0.5, 0.6) is 5.75 Å². The van der Waals surface area contributed by atoms with Gasteiger partial charge in [0.1, 0.15) is 11.6 Å². The van der Waals surface area contributed by atoms with Crippen LogP contribution in [0.25, 0.3) is 0 Å². The first-order chi connectivity index (χ1) is 24.5. The lowest BCUT2D eigenvalue weighted by Gasteiger charge is -2.35. The van der Waals surface area contributed by atoms with Gasteiger partial charge in [-0.15, -0.1) is 0 Å². The van der Waals surface area contributed by atoms with E-state index in [0.29, 0.717) is 25.9 Å². The zero-order valence-electron chi connectivity index (χ0n) is 29.3. The van der Waals surface area contributed by atoms with E-state index in [-0.39, 0.29) is 46.8 Å². The maximum atomic E-state index is 14.3. The van der Waals surface area contributed by atoms with Gasteiger partial charge in [0.2, 0.25) is 10.0 Å².